The molecule has 2 bridgehead atoms. The largest absolute Gasteiger partial charge is 0.310 e. The highest BCUT2D eigenvalue weighted by atomic mass is 19.1. The minimum atomic E-state index is -0.504. The number of pyridine rings is 1. The van der Waals surface area contributed by atoms with E-state index in [0.717, 1.165) is 25.5 Å². The summed E-state index contributed by atoms with van der Waals surface area (Å²) < 4.78 is 13.4. The average Bonchev–Trinajstić information content (AvgIpc) is 2.90. The number of aromatic nitrogens is 1. The molecule has 0 radical (unpaired) electrons. The minimum Gasteiger partial charge on any atom is -0.310 e. The molecule has 4 heteroatoms. The van der Waals surface area contributed by atoms with Crippen LogP contribution in [0, 0.1) is 11.7 Å². The molecule has 0 amide bonds. The summed E-state index contributed by atoms with van der Waals surface area (Å²) >= 11 is 0. The maximum absolute atomic E-state index is 13.4. The summed E-state index contributed by atoms with van der Waals surface area (Å²) in [5, 5.41) is 3.39. The van der Waals surface area contributed by atoms with Crippen molar-refractivity contribution in [2.45, 2.75) is 31.3 Å². The van der Waals surface area contributed by atoms with Crippen molar-refractivity contribution >= 4 is 5.78 Å². The number of carbonyl (C=O) groups is 1. The molecule has 2 aliphatic heterocycles. The quantitative estimate of drug-likeness (QED) is 0.769. The van der Waals surface area contributed by atoms with Crippen LogP contribution in [-0.4, -0.2) is 22.9 Å². The van der Waals surface area contributed by atoms with Crippen LogP contribution >= 0.6 is 0 Å². The van der Waals surface area contributed by atoms with E-state index in [4.69, 9.17) is 0 Å². The van der Waals surface area contributed by atoms with Crippen LogP contribution in [0.15, 0.2) is 18.5 Å². The van der Waals surface area contributed by atoms with Crippen LogP contribution < -0.4 is 5.32 Å². The molecule has 0 aliphatic carbocycles. The van der Waals surface area contributed by atoms with Crippen molar-refractivity contribution in [2.75, 3.05) is 0 Å². The van der Waals surface area contributed by atoms with Gasteiger partial charge in [-0.1, -0.05) is 0 Å². The second-order valence-electron chi connectivity index (χ2n) is 4.61. The van der Waals surface area contributed by atoms with Crippen LogP contribution in [0.5, 0.6) is 0 Å². The number of halogens is 1. The van der Waals surface area contributed by atoms with Crippen molar-refractivity contribution in [2.24, 2.45) is 5.92 Å². The van der Waals surface area contributed by atoms with Gasteiger partial charge in [0.25, 0.3) is 0 Å². The molecule has 3 unspecified atom stereocenters. The number of nitrogens with one attached hydrogen (secondary N) is 1. The van der Waals surface area contributed by atoms with E-state index in [1.807, 2.05) is 0 Å². The van der Waals surface area contributed by atoms with Gasteiger partial charge >= 0.3 is 0 Å². The summed E-state index contributed by atoms with van der Waals surface area (Å²) in [7, 11) is 0. The zero-order valence-electron chi connectivity index (χ0n) is 8.82. The predicted molar refractivity (Wildman–Crippen MR) is 56.6 cm³/mol. The Kier molecular flexibility index (Phi) is 2.24. The Morgan fingerprint density at radius 3 is 3.00 bits per heavy atom. The standard InChI is InChI=1S/C12H13FN2O/c13-10-6-14-4-3-8(10)12(16)9-5-7-1-2-11(9)15-7/h3-4,6-7,9,11,15H,1-2,5H2. The molecular weight excluding hydrogens is 207 g/mol. The van der Waals surface area contributed by atoms with Crippen molar-refractivity contribution < 1.29 is 9.18 Å². The number of nitrogens with zero attached hydrogens (tertiary/aromatic N) is 1. The van der Waals surface area contributed by atoms with Crippen molar-refractivity contribution in [1.29, 1.82) is 0 Å². The first kappa shape index (κ1) is 9.90. The molecule has 0 spiro atoms. The minimum absolute atomic E-state index is 0.0457. The molecule has 3 nitrogen and oxygen atoms in total. The number of fused-ring (bicyclic) bond motifs is 2. The van der Waals surface area contributed by atoms with Gasteiger partial charge in [-0.05, 0) is 25.3 Å². The van der Waals surface area contributed by atoms with Crippen LogP contribution in [0.1, 0.15) is 29.6 Å². The SMILES string of the molecule is O=C(c1ccncc1F)C1CC2CCC1N2. The Labute approximate surface area is 93.1 Å². The monoisotopic (exact) mass is 220 g/mol. The summed E-state index contributed by atoms with van der Waals surface area (Å²) in [6.45, 7) is 0. The smallest absolute Gasteiger partial charge is 0.170 e. The second kappa shape index (κ2) is 3.63. The van der Waals surface area contributed by atoms with E-state index >= 15 is 0 Å². The summed E-state index contributed by atoms with van der Waals surface area (Å²) in [6, 6.07) is 2.19. The lowest BCUT2D eigenvalue weighted by molar-refractivity contribution is 0.0896. The fraction of sp³-hybridized carbons (Fsp3) is 0.500. The lowest BCUT2D eigenvalue weighted by Gasteiger charge is -2.18. The third kappa shape index (κ3) is 1.45. The van der Waals surface area contributed by atoms with Crippen LogP contribution in [-0.2, 0) is 0 Å². The Morgan fingerprint density at radius 2 is 2.38 bits per heavy atom. The Bertz CT molecular complexity index is 435. The third-order valence-corrected chi connectivity index (χ3v) is 3.67. The maximum Gasteiger partial charge on any atom is 0.170 e. The molecule has 0 saturated carbocycles. The van der Waals surface area contributed by atoms with Crippen molar-refractivity contribution in [1.82, 2.24) is 10.3 Å². The molecule has 1 aromatic heterocycles. The molecule has 3 rings (SSSR count). The predicted octanol–water partition coefficient (Wildman–Crippen LogP) is 1.54. The first-order valence-electron chi connectivity index (χ1n) is 5.65. The van der Waals surface area contributed by atoms with Crippen molar-refractivity contribution in [3.05, 3.63) is 29.8 Å². The van der Waals surface area contributed by atoms with Crippen LogP contribution in [0.25, 0.3) is 0 Å². The summed E-state index contributed by atoms with van der Waals surface area (Å²) in [5.41, 5.74) is 0.189. The van der Waals surface area contributed by atoms with E-state index in [-0.39, 0.29) is 23.3 Å². The van der Waals surface area contributed by atoms with Crippen LogP contribution in [0.3, 0.4) is 0 Å². The van der Waals surface area contributed by atoms with E-state index < -0.39 is 5.82 Å². The molecule has 1 N–H and O–H groups in total. The zero-order chi connectivity index (χ0) is 11.1. The zero-order valence-corrected chi connectivity index (χ0v) is 8.82. The van der Waals surface area contributed by atoms with E-state index in [2.05, 4.69) is 10.3 Å². The van der Waals surface area contributed by atoms with Gasteiger partial charge in [-0.25, -0.2) is 4.39 Å². The van der Waals surface area contributed by atoms with E-state index in [1.165, 1.54) is 12.3 Å². The molecule has 16 heavy (non-hydrogen) atoms. The average molecular weight is 220 g/mol. The van der Waals surface area contributed by atoms with E-state index in [0.29, 0.717) is 6.04 Å². The van der Waals surface area contributed by atoms with Gasteiger partial charge in [0.2, 0.25) is 0 Å². The number of ketones is 1. The van der Waals surface area contributed by atoms with Crippen LogP contribution in [0.2, 0.25) is 0 Å². The highest BCUT2D eigenvalue weighted by Gasteiger charge is 2.43. The van der Waals surface area contributed by atoms with Gasteiger partial charge in [0.15, 0.2) is 11.6 Å². The van der Waals surface area contributed by atoms with Gasteiger partial charge in [0.1, 0.15) is 0 Å². The highest BCUT2D eigenvalue weighted by Crippen LogP contribution is 2.35. The van der Waals surface area contributed by atoms with Gasteiger partial charge in [0, 0.05) is 24.2 Å². The van der Waals surface area contributed by atoms with Crippen LogP contribution in [0.4, 0.5) is 4.39 Å². The van der Waals surface area contributed by atoms with Gasteiger partial charge in [-0.2, -0.15) is 0 Å². The summed E-state index contributed by atoms with van der Waals surface area (Å²) in [6.07, 6.45) is 5.61. The van der Waals surface area contributed by atoms with Gasteiger partial charge < -0.3 is 5.32 Å². The Balaban J connectivity index is 1.86. The fourth-order valence-electron chi connectivity index (χ4n) is 2.89. The fourth-order valence-corrected chi connectivity index (χ4v) is 2.89. The van der Waals surface area contributed by atoms with E-state index in [9.17, 15) is 9.18 Å². The molecule has 84 valence electrons. The highest BCUT2D eigenvalue weighted by molar-refractivity contribution is 5.98. The van der Waals surface area contributed by atoms with Gasteiger partial charge in [-0.15, -0.1) is 0 Å². The Hall–Kier alpha value is -1.29. The lowest BCUT2D eigenvalue weighted by Crippen LogP contribution is -2.29. The number of hydrogen-bond acceptors (Lipinski definition) is 3. The van der Waals surface area contributed by atoms with Crippen molar-refractivity contribution in [3.8, 4) is 0 Å². The lowest BCUT2D eigenvalue weighted by atomic mass is 9.84. The number of Topliss-reactive ketones (excluding diaryl/α,β-unsaturated/α-hetero) is 1. The summed E-state index contributed by atoms with van der Waals surface area (Å²) in [4.78, 5) is 15.8. The molecule has 2 fully saturated rings. The van der Waals surface area contributed by atoms with E-state index in [1.54, 1.807) is 0 Å². The first-order valence-corrected chi connectivity index (χ1v) is 5.65. The normalized spacial score (nSPS) is 31.9. The molecule has 0 aromatic carbocycles. The maximum atomic E-state index is 13.4. The van der Waals surface area contributed by atoms with Crippen molar-refractivity contribution in [3.63, 3.8) is 0 Å². The number of hydrogen-bond donors (Lipinski definition) is 1. The molecule has 3 heterocycles. The third-order valence-electron chi connectivity index (χ3n) is 3.67. The topological polar surface area (TPSA) is 42.0 Å². The Morgan fingerprint density at radius 1 is 1.50 bits per heavy atom. The van der Waals surface area contributed by atoms with Gasteiger partial charge in [0.05, 0.1) is 11.8 Å². The first-order chi connectivity index (χ1) is 7.75. The molecular formula is C12H13FN2O. The van der Waals surface area contributed by atoms with Gasteiger partial charge in [-0.3, -0.25) is 9.78 Å². The molecule has 2 aliphatic rings. The second-order valence-corrected chi connectivity index (χ2v) is 4.61. The molecule has 3 atom stereocenters. The number of carbonyl (C=O) groups excluding carboxylic acids is 1. The molecule has 1 aromatic rings. The molecule has 2 saturated heterocycles. The summed E-state index contributed by atoms with van der Waals surface area (Å²) in [5.74, 6) is -0.620. The number of rotatable bonds is 2.